The third kappa shape index (κ3) is 5.13. The number of nitrogens with zero attached hydrogens (tertiary/aromatic N) is 2. The van der Waals surface area contributed by atoms with Crippen LogP contribution >= 0.6 is 0 Å². The van der Waals surface area contributed by atoms with Crippen LogP contribution in [0.25, 0.3) is 23.1 Å². The minimum absolute atomic E-state index is 0.0652. The molecule has 2 heterocycles. The number of fused-ring (bicyclic) bond motifs is 2. The van der Waals surface area contributed by atoms with Crippen LogP contribution in [0, 0.1) is 0 Å². The molecule has 10 heteroatoms. The van der Waals surface area contributed by atoms with Gasteiger partial charge in [0.05, 0.1) is 24.2 Å². The van der Waals surface area contributed by atoms with Crippen molar-refractivity contribution in [3.63, 3.8) is 0 Å². The molecule has 1 aliphatic carbocycles. The molecule has 2 atom stereocenters. The van der Waals surface area contributed by atoms with E-state index in [0.717, 1.165) is 10.6 Å². The molecule has 2 unspecified atom stereocenters. The summed E-state index contributed by atoms with van der Waals surface area (Å²) >= 11 is 0. The summed E-state index contributed by atoms with van der Waals surface area (Å²) in [4.78, 5) is 11.3. The first-order chi connectivity index (χ1) is 17.0. The second-order valence-corrected chi connectivity index (χ2v) is 9.19. The van der Waals surface area contributed by atoms with E-state index in [9.17, 15) is 23.1 Å². The highest BCUT2D eigenvalue weighted by Crippen LogP contribution is 2.38. The highest BCUT2D eigenvalue weighted by molar-refractivity contribution is 5.85. The summed E-state index contributed by atoms with van der Waals surface area (Å²) in [6.45, 7) is 6.27. The Bertz CT molecular complexity index is 1370. The van der Waals surface area contributed by atoms with Gasteiger partial charge in [-0.25, -0.2) is 4.79 Å². The van der Waals surface area contributed by atoms with Crippen LogP contribution in [0.15, 0.2) is 28.9 Å². The van der Waals surface area contributed by atoms with Gasteiger partial charge in [-0.15, -0.1) is 0 Å². The fourth-order valence-corrected chi connectivity index (χ4v) is 4.48. The number of benzene rings is 1. The summed E-state index contributed by atoms with van der Waals surface area (Å²) in [6.07, 6.45) is 3.56. The van der Waals surface area contributed by atoms with Crippen molar-refractivity contribution < 1.29 is 37.1 Å². The van der Waals surface area contributed by atoms with Gasteiger partial charge < -0.3 is 23.7 Å². The number of halogens is 3. The fraction of sp³-hybridized carbons (Fsp3) is 0.462. The van der Waals surface area contributed by atoms with Crippen LogP contribution in [0.3, 0.4) is 0 Å². The standard InChI is InChI=1S/C26H29F3N2O5/c1-4-6-18-21(8-7-19-22(18)36-30-23(19)26(27,28)29)34-13-5-14-35-25(3)11-9-20-17(15-25)10-12-31(20)16(2)24(32)33/h7-10,12,15-16H,4-6,11,13-14H2,1-3H3,(H,32,33). The molecule has 2 aromatic heterocycles. The molecule has 36 heavy (non-hydrogen) atoms. The summed E-state index contributed by atoms with van der Waals surface area (Å²) in [5, 5.41) is 14.3. The summed E-state index contributed by atoms with van der Waals surface area (Å²) < 4.78 is 58.4. The quantitative estimate of drug-likeness (QED) is 0.409. The van der Waals surface area contributed by atoms with Crippen LogP contribution in [0.2, 0.25) is 0 Å². The van der Waals surface area contributed by atoms with Crippen LogP contribution in [-0.2, 0) is 22.1 Å². The first kappa shape index (κ1) is 25.8. The molecule has 194 valence electrons. The molecular formula is C26H29F3N2O5. The molecule has 0 fully saturated rings. The number of aryl methyl sites for hydroxylation is 1. The first-order valence-electron chi connectivity index (χ1n) is 11.9. The van der Waals surface area contributed by atoms with Crippen LogP contribution in [0.1, 0.15) is 57.3 Å². The molecule has 4 rings (SSSR count). The van der Waals surface area contributed by atoms with Crippen LogP contribution in [-0.4, -0.2) is 39.6 Å². The highest BCUT2D eigenvalue weighted by atomic mass is 19.4. The Morgan fingerprint density at radius 3 is 2.78 bits per heavy atom. The van der Waals surface area contributed by atoms with Crippen LogP contribution < -0.4 is 15.3 Å². The number of hydrogen-bond acceptors (Lipinski definition) is 5. The first-order valence-corrected chi connectivity index (χ1v) is 11.9. The predicted octanol–water partition coefficient (Wildman–Crippen LogP) is 4.46. The molecule has 1 aliphatic rings. The van der Waals surface area contributed by atoms with E-state index >= 15 is 0 Å². The van der Waals surface area contributed by atoms with Gasteiger partial charge in [0.25, 0.3) is 0 Å². The van der Waals surface area contributed by atoms with Gasteiger partial charge in [-0.3, -0.25) is 0 Å². The minimum atomic E-state index is -4.59. The molecule has 0 saturated heterocycles. The Morgan fingerprint density at radius 2 is 2.08 bits per heavy atom. The van der Waals surface area contributed by atoms with E-state index in [0.29, 0.717) is 50.2 Å². The van der Waals surface area contributed by atoms with Crippen molar-refractivity contribution in [2.24, 2.45) is 0 Å². The zero-order valence-corrected chi connectivity index (χ0v) is 20.4. The normalized spacial score (nSPS) is 18.4. The van der Waals surface area contributed by atoms with Gasteiger partial charge in [-0.2, -0.15) is 13.2 Å². The number of aromatic nitrogens is 2. The van der Waals surface area contributed by atoms with E-state index in [1.165, 1.54) is 12.1 Å². The topological polar surface area (TPSA) is 86.7 Å². The molecular weight excluding hydrogens is 477 g/mol. The third-order valence-electron chi connectivity index (χ3n) is 6.37. The molecule has 7 nitrogen and oxygen atoms in total. The molecule has 0 bridgehead atoms. The smallest absolute Gasteiger partial charge is 0.437 e. The zero-order valence-electron chi connectivity index (χ0n) is 20.4. The van der Waals surface area contributed by atoms with Crippen molar-refractivity contribution in [2.45, 2.75) is 64.3 Å². The lowest BCUT2D eigenvalue weighted by atomic mass is 9.96. The van der Waals surface area contributed by atoms with Crippen LogP contribution in [0.5, 0.6) is 5.75 Å². The molecule has 0 saturated carbocycles. The third-order valence-corrected chi connectivity index (χ3v) is 6.37. The van der Waals surface area contributed by atoms with Crippen molar-refractivity contribution in [2.75, 3.05) is 13.2 Å². The average Bonchev–Trinajstić information content (AvgIpc) is 3.43. The van der Waals surface area contributed by atoms with Crippen molar-refractivity contribution in [3.8, 4) is 5.75 Å². The molecule has 0 aliphatic heterocycles. The maximum Gasteiger partial charge on any atom is 0.437 e. The second kappa shape index (κ2) is 10.0. The lowest BCUT2D eigenvalue weighted by Crippen LogP contribution is -2.41. The molecule has 1 N–H and O–H groups in total. The van der Waals surface area contributed by atoms with E-state index in [-0.39, 0.29) is 11.0 Å². The SMILES string of the molecule is CCCc1c(OCCCOC2(C)C=c3ccn(C(C)C(=O)O)c3=CC2)ccc2c(C(F)(F)F)noc12. The van der Waals surface area contributed by atoms with Gasteiger partial charge >= 0.3 is 12.1 Å². The molecule has 0 radical (unpaired) electrons. The predicted molar refractivity (Wildman–Crippen MR) is 127 cm³/mol. The number of ether oxygens (including phenoxy) is 2. The average molecular weight is 507 g/mol. The number of alkyl halides is 3. The van der Waals surface area contributed by atoms with E-state index < -0.39 is 29.5 Å². The fourth-order valence-electron chi connectivity index (χ4n) is 4.48. The highest BCUT2D eigenvalue weighted by Gasteiger charge is 2.37. The summed E-state index contributed by atoms with van der Waals surface area (Å²) in [6, 6.07) is 4.10. The van der Waals surface area contributed by atoms with Gasteiger partial charge in [0.15, 0.2) is 11.3 Å². The Hall–Kier alpha value is -3.27. The van der Waals surface area contributed by atoms with E-state index in [2.05, 4.69) is 5.16 Å². The summed E-state index contributed by atoms with van der Waals surface area (Å²) in [5.74, 6) is -0.409. The molecule has 1 aromatic carbocycles. The Labute approximate surface area is 205 Å². The maximum absolute atomic E-state index is 13.2. The van der Waals surface area contributed by atoms with Gasteiger partial charge in [-0.1, -0.05) is 24.6 Å². The largest absolute Gasteiger partial charge is 0.493 e. The Morgan fingerprint density at radius 1 is 1.31 bits per heavy atom. The lowest BCUT2D eigenvalue weighted by molar-refractivity contribution is -0.142. The maximum atomic E-state index is 13.2. The van der Waals surface area contributed by atoms with Crippen molar-refractivity contribution in [1.82, 2.24) is 9.72 Å². The summed E-state index contributed by atoms with van der Waals surface area (Å²) in [5.41, 5.74) is -0.878. The number of rotatable bonds is 10. The van der Waals surface area contributed by atoms with E-state index in [1.807, 2.05) is 32.1 Å². The van der Waals surface area contributed by atoms with Crippen molar-refractivity contribution in [1.29, 1.82) is 0 Å². The molecule has 0 spiro atoms. The van der Waals surface area contributed by atoms with Crippen molar-refractivity contribution in [3.05, 3.63) is 46.2 Å². The van der Waals surface area contributed by atoms with Crippen LogP contribution in [0.4, 0.5) is 13.2 Å². The molecule has 3 aromatic rings. The Balaban J connectivity index is 1.38. The minimum Gasteiger partial charge on any atom is -0.493 e. The lowest BCUT2D eigenvalue weighted by Gasteiger charge is -2.27. The number of aliphatic carboxylic acids is 1. The number of carboxylic acids is 1. The van der Waals surface area contributed by atoms with E-state index in [1.54, 1.807) is 17.7 Å². The number of carboxylic acid groups (broad SMARTS) is 1. The number of hydrogen-bond donors (Lipinski definition) is 1. The monoisotopic (exact) mass is 506 g/mol. The van der Waals surface area contributed by atoms with E-state index in [4.69, 9.17) is 14.0 Å². The molecule has 0 amide bonds. The number of carbonyl (C=O) groups is 1. The second-order valence-electron chi connectivity index (χ2n) is 9.19. The summed E-state index contributed by atoms with van der Waals surface area (Å²) in [7, 11) is 0. The van der Waals surface area contributed by atoms with Gasteiger partial charge in [0.1, 0.15) is 11.8 Å². The van der Waals surface area contributed by atoms with Gasteiger partial charge in [0.2, 0.25) is 0 Å². The van der Waals surface area contributed by atoms with Gasteiger partial charge in [0, 0.05) is 30.0 Å². The van der Waals surface area contributed by atoms with Crippen molar-refractivity contribution >= 4 is 29.1 Å². The zero-order chi connectivity index (χ0) is 26.1. The van der Waals surface area contributed by atoms with Gasteiger partial charge in [-0.05, 0) is 49.8 Å². The Kier molecular flexibility index (Phi) is 7.17.